The van der Waals surface area contributed by atoms with Gasteiger partial charge in [0, 0.05) is 5.92 Å². The Kier molecular flexibility index (Phi) is 3.70. The van der Waals surface area contributed by atoms with Crippen molar-refractivity contribution < 1.29 is 20.1 Å². The highest BCUT2D eigenvalue weighted by Gasteiger charge is 2.25. The van der Waals surface area contributed by atoms with Gasteiger partial charge in [-0.25, -0.2) is 5.43 Å². The number of carboxylic acid groups (broad SMARTS) is 1. The molecular formula is C10H14N2O4. The van der Waals surface area contributed by atoms with Gasteiger partial charge in [0.1, 0.15) is 6.04 Å². The highest BCUT2D eigenvalue weighted by Crippen LogP contribution is 2.29. The second kappa shape index (κ2) is 4.82. The molecule has 0 aliphatic heterocycles. The van der Waals surface area contributed by atoms with Crippen molar-refractivity contribution in [3.63, 3.8) is 0 Å². The Morgan fingerprint density at radius 2 is 2.00 bits per heavy atom. The first-order valence-electron chi connectivity index (χ1n) is 4.68. The number of aromatic hydroxyl groups is 2. The van der Waals surface area contributed by atoms with Crippen molar-refractivity contribution in [2.45, 2.75) is 18.9 Å². The zero-order chi connectivity index (χ0) is 12.3. The van der Waals surface area contributed by atoms with Gasteiger partial charge in [-0.05, 0) is 17.7 Å². The van der Waals surface area contributed by atoms with Crippen molar-refractivity contribution in [3.8, 4) is 11.5 Å². The molecule has 0 saturated carbocycles. The van der Waals surface area contributed by atoms with Gasteiger partial charge in [-0.2, -0.15) is 0 Å². The molecule has 6 N–H and O–H groups in total. The Morgan fingerprint density at radius 3 is 2.44 bits per heavy atom. The van der Waals surface area contributed by atoms with E-state index in [0.29, 0.717) is 5.56 Å². The van der Waals surface area contributed by atoms with Gasteiger partial charge in [0.05, 0.1) is 0 Å². The third-order valence-corrected chi connectivity index (χ3v) is 2.47. The maximum Gasteiger partial charge on any atom is 0.322 e. The van der Waals surface area contributed by atoms with Crippen LogP contribution in [0.15, 0.2) is 18.2 Å². The fourth-order valence-corrected chi connectivity index (χ4v) is 1.45. The molecule has 16 heavy (non-hydrogen) atoms. The predicted molar refractivity (Wildman–Crippen MR) is 56.9 cm³/mol. The fourth-order valence-electron chi connectivity index (χ4n) is 1.45. The maximum absolute atomic E-state index is 10.8. The number of rotatable bonds is 4. The van der Waals surface area contributed by atoms with Crippen LogP contribution in [0.1, 0.15) is 18.4 Å². The minimum atomic E-state index is -1.08. The van der Waals surface area contributed by atoms with Crippen molar-refractivity contribution in [1.29, 1.82) is 0 Å². The summed E-state index contributed by atoms with van der Waals surface area (Å²) in [4.78, 5) is 10.8. The van der Waals surface area contributed by atoms with Crippen LogP contribution in [0.25, 0.3) is 0 Å². The maximum atomic E-state index is 10.8. The van der Waals surface area contributed by atoms with Gasteiger partial charge in [0.25, 0.3) is 0 Å². The van der Waals surface area contributed by atoms with E-state index in [1.165, 1.54) is 18.2 Å². The van der Waals surface area contributed by atoms with Crippen LogP contribution in [0.4, 0.5) is 0 Å². The average molecular weight is 226 g/mol. The number of benzene rings is 1. The van der Waals surface area contributed by atoms with Gasteiger partial charge in [0.15, 0.2) is 11.5 Å². The number of nitrogens with one attached hydrogen (secondary N) is 1. The van der Waals surface area contributed by atoms with E-state index in [9.17, 15) is 9.90 Å². The molecule has 2 atom stereocenters. The molecule has 1 rings (SSSR count). The lowest BCUT2D eigenvalue weighted by Gasteiger charge is -2.19. The summed E-state index contributed by atoms with van der Waals surface area (Å²) in [5.41, 5.74) is 2.76. The molecule has 0 radical (unpaired) electrons. The summed E-state index contributed by atoms with van der Waals surface area (Å²) < 4.78 is 0. The molecule has 0 aliphatic carbocycles. The van der Waals surface area contributed by atoms with Crippen molar-refractivity contribution in [3.05, 3.63) is 23.8 Å². The molecule has 6 heteroatoms. The molecule has 0 amide bonds. The Morgan fingerprint density at radius 1 is 1.38 bits per heavy atom. The van der Waals surface area contributed by atoms with Gasteiger partial charge in [0.2, 0.25) is 0 Å². The summed E-state index contributed by atoms with van der Waals surface area (Å²) in [6, 6.07) is 3.19. The third-order valence-electron chi connectivity index (χ3n) is 2.47. The summed E-state index contributed by atoms with van der Waals surface area (Å²) in [6.45, 7) is 1.66. The molecular weight excluding hydrogens is 212 g/mol. The molecule has 0 heterocycles. The molecule has 0 bridgehead atoms. The standard InChI is InChI=1S/C10H14N2O4/c1-5(9(12-11)10(15)16)6-2-3-7(13)8(14)4-6/h2-5,9,12-14H,11H2,1H3,(H,15,16)/t5?,9-/m0/s1. The van der Waals surface area contributed by atoms with E-state index >= 15 is 0 Å². The lowest BCUT2D eigenvalue weighted by Crippen LogP contribution is -2.44. The van der Waals surface area contributed by atoms with Crippen molar-refractivity contribution >= 4 is 5.97 Å². The quantitative estimate of drug-likeness (QED) is 0.283. The van der Waals surface area contributed by atoms with Gasteiger partial charge in [-0.15, -0.1) is 0 Å². The van der Waals surface area contributed by atoms with E-state index in [1.807, 2.05) is 0 Å². The number of phenols is 2. The number of hydrogen-bond donors (Lipinski definition) is 5. The third kappa shape index (κ3) is 2.41. The summed E-state index contributed by atoms with van der Waals surface area (Å²) >= 11 is 0. The number of aliphatic carboxylic acids is 1. The summed E-state index contributed by atoms with van der Waals surface area (Å²) in [5, 5.41) is 27.3. The van der Waals surface area contributed by atoms with Crippen LogP contribution in [0.2, 0.25) is 0 Å². The number of phenolic OH excluding ortho intramolecular Hbond substituents is 2. The molecule has 6 nitrogen and oxygen atoms in total. The normalized spacial score (nSPS) is 14.4. The van der Waals surface area contributed by atoms with Gasteiger partial charge in [-0.1, -0.05) is 13.0 Å². The Labute approximate surface area is 92.3 Å². The Bertz CT molecular complexity index is 394. The van der Waals surface area contributed by atoms with Crippen LogP contribution >= 0.6 is 0 Å². The van der Waals surface area contributed by atoms with E-state index in [1.54, 1.807) is 6.92 Å². The molecule has 0 saturated heterocycles. The highest BCUT2D eigenvalue weighted by molar-refractivity contribution is 5.74. The van der Waals surface area contributed by atoms with E-state index in [0.717, 1.165) is 0 Å². The molecule has 0 spiro atoms. The molecule has 1 aromatic rings. The molecule has 1 aromatic carbocycles. The van der Waals surface area contributed by atoms with E-state index in [2.05, 4.69) is 5.43 Å². The van der Waals surface area contributed by atoms with Crippen LogP contribution in [-0.4, -0.2) is 27.3 Å². The first-order valence-corrected chi connectivity index (χ1v) is 4.68. The number of hydrogen-bond acceptors (Lipinski definition) is 5. The Balaban J connectivity index is 2.99. The SMILES string of the molecule is CC(c1ccc(O)c(O)c1)[C@H](NN)C(=O)O. The number of nitrogens with two attached hydrogens (primary N) is 1. The van der Waals surface area contributed by atoms with Crippen LogP contribution in [0.5, 0.6) is 11.5 Å². The van der Waals surface area contributed by atoms with E-state index in [-0.39, 0.29) is 11.5 Å². The minimum absolute atomic E-state index is 0.247. The van der Waals surface area contributed by atoms with Crippen molar-refractivity contribution in [2.75, 3.05) is 0 Å². The topological polar surface area (TPSA) is 116 Å². The van der Waals surface area contributed by atoms with Gasteiger partial charge < -0.3 is 15.3 Å². The lowest BCUT2D eigenvalue weighted by atomic mass is 9.93. The number of carbonyl (C=O) groups is 1. The molecule has 88 valence electrons. The predicted octanol–water partition coefficient (Wildman–Crippen LogP) is 0.118. The van der Waals surface area contributed by atoms with Crippen LogP contribution in [0.3, 0.4) is 0 Å². The second-order valence-corrected chi connectivity index (χ2v) is 3.52. The number of carboxylic acids is 1. The molecule has 0 fully saturated rings. The number of hydrazine groups is 1. The van der Waals surface area contributed by atoms with Gasteiger partial charge in [-0.3, -0.25) is 10.6 Å². The zero-order valence-electron chi connectivity index (χ0n) is 8.71. The monoisotopic (exact) mass is 226 g/mol. The highest BCUT2D eigenvalue weighted by atomic mass is 16.4. The first-order chi connectivity index (χ1) is 7.47. The zero-order valence-corrected chi connectivity index (χ0v) is 8.71. The largest absolute Gasteiger partial charge is 0.504 e. The van der Waals surface area contributed by atoms with Crippen LogP contribution in [0, 0.1) is 0 Å². The van der Waals surface area contributed by atoms with Gasteiger partial charge >= 0.3 is 5.97 Å². The molecule has 1 unspecified atom stereocenters. The Hall–Kier alpha value is -1.79. The van der Waals surface area contributed by atoms with Crippen molar-refractivity contribution in [1.82, 2.24) is 5.43 Å². The fraction of sp³-hybridized carbons (Fsp3) is 0.300. The lowest BCUT2D eigenvalue weighted by molar-refractivity contribution is -0.140. The van der Waals surface area contributed by atoms with E-state index in [4.69, 9.17) is 16.1 Å². The smallest absolute Gasteiger partial charge is 0.322 e. The summed E-state index contributed by atoms with van der Waals surface area (Å²) in [6.07, 6.45) is 0. The van der Waals surface area contributed by atoms with Crippen LogP contribution < -0.4 is 11.3 Å². The summed E-state index contributed by atoms with van der Waals surface area (Å²) in [5.74, 6) is 3.09. The van der Waals surface area contributed by atoms with Crippen molar-refractivity contribution in [2.24, 2.45) is 5.84 Å². The van der Waals surface area contributed by atoms with Crippen LogP contribution in [-0.2, 0) is 4.79 Å². The molecule has 0 aliphatic rings. The summed E-state index contributed by atoms with van der Waals surface area (Å²) in [7, 11) is 0. The average Bonchev–Trinajstić information content (AvgIpc) is 2.22. The molecule has 0 aromatic heterocycles. The van der Waals surface area contributed by atoms with E-state index < -0.39 is 17.9 Å². The second-order valence-electron chi connectivity index (χ2n) is 3.52. The first kappa shape index (κ1) is 12.3. The minimum Gasteiger partial charge on any atom is -0.504 e.